The lowest BCUT2D eigenvalue weighted by molar-refractivity contribution is -0.151. The van der Waals surface area contributed by atoms with Gasteiger partial charge in [-0.25, -0.2) is 0 Å². The van der Waals surface area contributed by atoms with Gasteiger partial charge < -0.3 is 20.1 Å². The van der Waals surface area contributed by atoms with Crippen molar-refractivity contribution >= 4 is 11.8 Å². The van der Waals surface area contributed by atoms with Crippen molar-refractivity contribution in [3.8, 4) is 5.75 Å². The van der Waals surface area contributed by atoms with Crippen molar-refractivity contribution in [2.45, 2.75) is 44.0 Å². The number of likely N-dealkylation sites (tertiary alicyclic amines) is 1. The Morgan fingerprint density at radius 2 is 2.00 bits per heavy atom. The van der Waals surface area contributed by atoms with Crippen LogP contribution >= 0.6 is 0 Å². The van der Waals surface area contributed by atoms with Gasteiger partial charge in [0.05, 0.1) is 18.8 Å². The summed E-state index contributed by atoms with van der Waals surface area (Å²) in [5.41, 5.74) is 1.05. The van der Waals surface area contributed by atoms with Gasteiger partial charge in [0, 0.05) is 70.8 Å². The zero-order chi connectivity index (χ0) is 21.3. The molecule has 164 valence electrons. The molecule has 1 aromatic rings. The topological polar surface area (TPSA) is 85.3 Å². The number of benzene rings is 1. The number of para-hydroxylation sites is 1. The highest BCUT2D eigenvalue weighted by molar-refractivity contribution is 5.78. The minimum Gasteiger partial charge on any atom is -0.496 e. The first-order valence-corrected chi connectivity index (χ1v) is 10.7. The second-order valence-electron chi connectivity index (χ2n) is 8.88. The summed E-state index contributed by atoms with van der Waals surface area (Å²) in [6.07, 6.45) is 0.698. The first-order chi connectivity index (χ1) is 14.4. The monoisotopic (exact) mass is 416 g/mol. The van der Waals surface area contributed by atoms with Gasteiger partial charge in [-0.05, 0) is 12.5 Å². The number of aliphatic hydroxyl groups is 1. The largest absolute Gasteiger partial charge is 0.496 e. The van der Waals surface area contributed by atoms with Crippen LogP contribution in [0.2, 0.25) is 0 Å². The van der Waals surface area contributed by atoms with Crippen molar-refractivity contribution in [1.82, 2.24) is 20.0 Å². The van der Waals surface area contributed by atoms with E-state index in [2.05, 4.69) is 21.2 Å². The first-order valence-electron chi connectivity index (χ1n) is 10.7. The number of hydrogen-bond donors (Lipinski definition) is 2. The van der Waals surface area contributed by atoms with Gasteiger partial charge in [-0.1, -0.05) is 18.2 Å². The summed E-state index contributed by atoms with van der Waals surface area (Å²) in [7, 11) is 1.69. The van der Waals surface area contributed by atoms with Crippen LogP contribution in [0, 0.1) is 0 Å². The normalized spacial score (nSPS) is 25.6. The number of hydrogen-bond acceptors (Lipinski definition) is 6. The van der Waals surface area contributed by atoms with Gasteiger partial charge in [0.15, 0.2) is 0 Å². The second kappa shape index (κ2) is 8.53. The van der Waals surface area contributed by atoms with Gasteiger partial charge in [-0.15, -0.1) is 0 Å². The highest BCUT2D eigenvalue weighted by atomic mass is 16.5. The molecule has 30 heavy (non-hydrogen) atoms. The number of methoxy groups -OCH3 is 1. The molecular formula is C22H32N4O4. The average molecular weight is 417 g/mol. The first kappa shape index (κ1) is 21.1. The van der Waals surface area contributed by atoms with Gasteiger partial charge in [-0.2, -0.15) is 0 Å². The third-order valence-electron chi connectivity index (χ3n) is 6.61. The van der Waals surface area contributed by atoms with Crippen LogP contribution in [-0.4, -0.2) is 95.7 Å². The van der Waals surface area contributed by atoms with Gasteiger partial charge in [0.1, 0.15) is 5.75 Å². The van der Waals surface area contributed by atoms with Crippen LogP contribution in [0.3, 0.4) is 0 Å². The summed E-state index contributed by atoms with van der Waals surface area (Å²) < 4.78 is 5.49. The van der Waals surface area contributed by atoms with Crippen LogP contribution < -0.4 is 10.1 Å². The number of piperazine rings is 1. The number of rotatable bonds is 6. The summed E-state index contributed by atoms with van der Waals surface area (Å²) >= 11 is 0. The predicted octanol–water partition coefficient (Wildman–Crippen LogP) is 0.0532. The van der Waals surface area contributed by atoms with Crippen molar-refractivity contribution in [2.24, 2.45) is 0 Å². The van der Waals surface area contributed by atoms with E-state index in [1.54, 1.807) is 7.11 Å². The molecule has 1 aromatic carbocycles. The van der Waals surface area contributed by atoms with E-state index in [0.29, 0.717) is 39.0 Å². The standard InChI is InChI=1S/C22H32N4O4/c1-16(27)23-8-7-21(29)25-11-18-9-19(28)12-26(18)22(15-25)13-24(14-22)10-17-5-3-4-6-20(17)30-2/h3-6,18-19,28H,7-15H2,1-2H3,(H,23,27). The Labute approximate surface area is 177 Å². The maximum absolute atomic E-state index is 12.8. The van der Waals surface area contributed by atoms with Crippen LogP contribution in [0.4, 0.5) is 0 Å². The lowest BCUT2D eigenvalue weighted by atomic mass is 9.83. The quantitative estimate of drug-likeness (QED) is 0.682. The Morgan fingerprint density at radius 1 is 1.23 bits per heavy atom. The molecule has 0 bridgehead atoms. The highest BCUT2D eigenvalue weighted by Gasteiger charge is 2.56. The molecule has 3 heterocycles. The van der Waals surface area contributed by atoms with Gasteiger partial charge >= 0.3 is 0 Å². The lowest BCUT2D eigenvalue weighted by Gasteiger charge is -2.61. The Morgan fingerprint density at radius 3 is 2.73 bits per heavy atom. The Kier molecular flexibility index (Phi) is 5.99. The minimum absolute atomic E-state index is 0.0762. The molecule has 3 saturated heterocycles. The van der Waals surface area contributed by atoms with E-state index in [0.717, 1.165) is 30.9 Å². The van der Waals surface area contributed by atoms with Crippen LogP contribution in [0.25, 0.3) is 0 Å². The Hall–Kier alpha value is -2.16. The number of carbonyl (C=O) groups is 2. The number of β-amino-alcohol motifs (C(OH)–C–C–N with tert-alkyl or cyclic N) is 1. The molecule has 3 aliphatic heterocycles. The molecule has 2 atom stereocenters. The third kappa shape index (κ3) is 4.17. The number of amides is 2. The van der Waals surface area contributed by atoms with Crippen LogP contribution in [0.15, 0.2) is 24.3 Å². The van der Waals surface area contributed by atoms with Crippen molar-refractivity contribution in [3.05, 3.63) is 29.8 Å². The van der Waals surface area contributed by atoms with Gasteiger partial charge in [-0.3, -0.25) is 19.4 Å². The minimum atomic E-state index is -0.329. The fourth-order valence-electron chi connectivity index (χ4n) is 5.36. The predicted molar refractivity (Wildman–Crippen MR) is 112 cm³/mol. The summed E-state index contributed by atoms with van der Waals surface area (Å²) in [6.45, 7) is 6.39. The van der Waals surface area contributed by atoms with Crippen molar-refractivity contribution < 1.29 is 19.4 Å². The Bertz CT molecular complexity index is 795. The van der Waals surface area contributed by atoms with Crippen LogP contribution in [-0.2, 0) is 16.1 Å². The number of fused-ring (bicyclic) bond motifs is 2. The molecule has 8 nitrogen and oxygen atoms in total. The number of ether oxygens (including phenoxy) is 1. The second-order valence-corrected chi connectivity index (χ2v) is 8.88. The molecule has 3 fully saturated rings. The number of nitrogens with zero attached hydrogens (tertiary/aromatic N) is 3. The number of aliphatic hydroxyl groups excluding tert-OH is 1. The molecule has 0 aromatic heterocycles. The number of carbonyl (C=O) groups excluding carboxylic acids is 2. The van der Waals surface area contributed by atoms with Crippen LogP contribution in [0.1, 0.15) is 25.3 Å². The van der Waals surface area contributed by atoms with E-state index in [9.17, 15) is 14.7 Å². The molecule has 2 N–H and O–H groups in total. The van der Waals surface area contributed by atoms with Crippen molar-refractivity contribution in [3.63, 3.8) is 0 Å². The smallest absolute Gasteiger partial charge is 0.224 e. The molecule has 0 radical (unpaired) electrons. The molecule has 0 saturated carbocycles. The molecule has 8 heteroatoms. The molecule has 0 aliphatic carbocycles. The zero-order valence-corrected chi connectivity index (χ0v) is 17.8. The maximum atomic E-state index is 12.8. The SMILES string of the molecule is COc1ccccc1CN1CC2(C1)CN(C(=O)CCNC(C)=O)CC1CC(O)CN12. The average Bonchev–Trinajstić information content (AvgIpc) is 3.07. The molecule has 1 spiro atoms. The lowest BCUT2D eigenvalue weighted by Crippen LogP contribution is -2.78. The van der Waals surface area contributed by atoms with E-state index >= 15 is 0 Å². The van der Waals surface area contributed by atoms with E-state index < -0.39 is 0 Å². The molecule has 2 amide bonds. The van der Waals surface area contributed by atoms with Crippen molar-refractivity contribution in [2.75, 3.05) is 46.4 Å². The maximum Gasteiger partial charge on any atom is 0.224 e. The summed E-state index contributed by atoms with van der Waals surface area (Å²) in [5.74, 6) is 0.854. The van der Waals surface area contributed by atoms with E-state index in [1.165, 1.54) is 6.92 Å². The van der Waals surface area contributed by atoms with Gasteiger partial charge in [0.2, 0.25) is 11.8 Å². The fraction of sp³-hybridized carbons (Fsp3) is 0.636. The summed E-state index contributed by atoms with van der Waals surface area (Å²) in [6, 6.07) is 8.27. The third-order valence-corrected chi connectivity index (χ3v) is 6.61. The van der Waals surface area contributed by atoms with Crippen molar-refractivity contribution in [1.29, 1.82) is 0 Å². The molecule has 4 rings (SSSR count). The van der Waals surface area contributed by atoms with E-state index in [4.69, 9.17) is 4.74 Å². The fourth-order valence-corrected chi connectivity index (χ4v) is 5.36. The van der Waals surface area contributed by atoms with Gasteiger partial charge in [0.25, 0.3) is 0 Å². The molecule has 3 aliphatic rings. The van der Waals surface area contributed by atoms with E-state index in [-0.39, 0.29) is 29.5 Å². The Balaban J connectivity index is 1.42. The molecule has 2 unspecified atom stereocenters. The summed E-state index contributed by atoms with van der Waals surface area (Å²) in [5, 5.41) is 13.0. The summed E-state index contributed by atoms with van der Waals surface area (Å²) in [4.78, 5) is 30.7. The highest BCUT2D eigenvalue weighted by Crippen LogP contribution is 2.40. The molecular weight excluding hydrogens is 384 g/mol. The number of nitrogens with one attached hydrogen (secondary N) is 1. The van der Waals surface area contributed by atoms with E-state index in [1.807, 2.05) is 23.1 Å². The van der Waals surface area contributed by atoms with Crippen LogP contribution in [0.5, 0.6) is 5.75 Å². The zero-order valence-electron chi connectivity index (χ0n) is 17.8.